The van der Waals surface area contributed by atoms with Crippen molar-refractivity contribution in [1.82, 2.24) is 15.1 Å². The van der Waals surface area contributed by atoms with E-state index < -0.39 is 54.4 Å². The van der Waals surface area contributed by atoms with Crippen molar-refractivity contribution >= 4 is 23.6 Å². The van der Waals surface area contributed by atoms with Crippen LogP contribution in [0.4, 0.5) is 13.2 Å². The zero-order valence-electron chi connectivity index (χ0n) is 23.5. The summed E-state index contributed by atoms with van der Waals surface area (Å²) < 4.78 is 41.1. The molecule has 2 N–H and O–H groups in total. The Bertz CT molecular complexity index is 1080. The van der Waals surface area contributed by atoms with Crippen molar-refractivity contribution in [3.63, 3.8) is 0 Å². The number of Topliss-reactive ketones (excluding diaryl/α,β-unsaturated/α-hetero) is 1. The molecule has 2 amide bonds. The summed E-state index contributed by atoms with van der Waals surface area (Å²) in [6.45, 7) is 9.20. The fourth-order valence-corrected chi connectivity index (χ4v) is 4.73. The van der Waals surface area contributed by atoms with Crippen LogP contribution in [0, 0.1) is 5.92 Å². The van der Waals surface area contributed by atoms with E-state index in [0.29, 0.717) is 31.6 Å². The van der Waals surface area contributed by atoms with Crippen molar-refractivity contribution in [3.8, 4) is 0 Å². The number of hydrogen-bond donors (Lipinski definition) is 2. The summed E-state index contributed by atoms with van der Waals surface area (Å²) in [5, 5.41) is 11.8. The molecule has 0 aromatic heterocycles. The Morgan fingerprint density at radius 3 is 2.12 bits per heavy atom. The lowest BCUT2D eigenvalue weighted by Crippen LogP contribution is -2.48. The van der Waals surface area contributed by atoms with Crippen LogP contribution in [-0.4, -0.2) is 77.4 Å². The van der Waals surface area contributed by atoms with Gasteiger partial charge in [0.1, 0.15) is 18.3 Å². The summed E-state index contributed by atoms with van der Waals surface area (Å²) in [7, 11) is 0. The zero-order chi connectivity index (χ0) is 30.0. The number of amides is 2. The molecule has 0 aromatic carbocycles. The first-order valence-electron chi connectivity index (χ1n) is 13.6. The van der Waals surface area contributed by atoms with Crippen molar-refractivity contribution < 1.29 is 37.5 Å². The van der Waals surface area contributed by atoms with Crippen molar-refractivity contribution in [2.24, 2.45) is 5.92 Å². The molecule has 2 aliphatic heterocycles. The molecular formula is C29H40F3N3O5. The number of alkyl halides is 1. The van der Waals surface area contributed by atoms with Gasteiger partial charge in [0.2, 0.25) is 5.91 Å². The molecule has 2 fully saturated rings. The molecule has 2 aliphatic rings. The molecule has 2 saturated heterocycles. The van der Waals surface area contributed by atoms with E-state index in [1.807, 2.05) is 4.90 Å². The third-order valence-corrected chi connectivity index (χ3v) is 7.39. The average molecular weight is 568 g/mol. The second kappa shape index (κ2) is 15.4. The Kier molecular flexibility index (Phi) is 12.7. The predicted molar refractivity (Wildman–Crippen MR) is 145 cm³/mol. The van der Waals surface area contributed by atoms with Gasteiger partial charge in [-0.05, 0) is 75.7 Å². The van der Waals surface area contributed by atoms with Crippen LogP contribution in [0.15, 0.2) is 46.7 Å². The molecule has 1 atom stereocenters. The Morgan fingerprint density at radius 2 is 1.57 bits per heavy atom. The minimum atomic E-state index is -1.29. The summed E-state index contributed by atoms with van der Waals surface area (Å²) in [5.41, 5.74) is 0.354. The van der Waals surface area contributed by atoms with Crippen LogP contribution in [0.3, 0.4) is 0 Å². The molecule has 0 radical (unpaired) electrons. The van der Waals surface area contributed by atoms with Crippen molar-refractivity contribution in [1.29, 1.82) is 0 Å². The summed E-state index contributed by atoms with van der Waals surface area (Å²) in [4.78, 5) is 53.5. The van der Waals surface area contributed by atoms with Crippen LogP contribution in [0.5, 0.6) is 0 Å². The number of piperidine rings is 1. The Hall–Kier alpha value is -3.37. The van der Waals surface area contributed by atoms with E-state index in [4.69, 9.17) is 0 Å². The zero-order valence-corrected chi connectivity index (χ0v) is 23.5. The highest BCUT2D eigenvalue weighted by molar-refractivity contribution is 5.94. The standard InChI is InChI=1S/C29H40F3N3O5/c1-18(27(32)19(2)15-23(31)20(3)17-30)7-8-25(36)24(16-26(37)38)33-28(39)22-9-13-35(14-10-22)29(40)21(4)34-11-5-6-12-34/h15,22,24H,4-14,16-17H2,1-3H3,(H,33,39)(H,37,38)/b19-15-,23-20-,27-18-/t24-/m0/s1. The molecule has 2 rings (SSSR count). The van der Waals surface area contributed by atoms with E-state index in [1.165, 1.54) is 20.8 Å². The lowest BCUT2D eigenvalue weighted by atomic mass is 9.94. The Balaban J connectivity index is 1.95. The van der Waals surface area contributed by atoms with Crippen LogP contribution in [-0.2, 0) is 19.2 Å². The number of nitrogens with zero attached hydrogens (tertiary/aromatic N) is 2. The molecule has 8 nitrogen and oxygen atoms in total. The number of hydrogen-bond acceptors (Lipinski definition) is 5. The first-order valence-corrected chi connectivity index (χ1v) is 13.6. The Morgan fingerprint density at radius 1 is 0.975 bits per heavy atom. The molecule has 40 heavy (non-hydrogen) atoms. The van der Waals surface area contributed by atoms with Crippen molar-refractivity contribution in [2.45, 2.75) is 71.8 Å². The molecular weight excluding hydrogens is 527 g/mol. The maximum atomic E-state index is 14.7. The number of ketones is 1. The van der Waals surface area contributed by atoms with Gasteiger partial charge >= 0.3 is 5.97 Å². The van der Waals surface area contributed by atoms with E-state index in [1.54, 1.807) is 4.90 Å². The summed E-state index contributed by atoms with van der Waals surface area (Å²) in [5.74, 6) is -4.59. The maximum Gasteiger partial charge on any atom is 0.305 e. The second-order valence-electron chi connectivity index (χ2n) is 10.5. The van der Waals surface area contributed by atoms with E-state index in [9.17, 15) is 37.5 Å². The van der Waals surface area contributed by atoms with Gasteiger partial charge in [-0.3, -0.25) is 19.2 Å². The maximum absolute atomic E-state index is 14.7. The summed E-state index contributed by atoms with van der Waals surface area (Å²) in [6.07, 6.45) is 2.71. The van der Waals surface area contributed by atoms with Gasteiger partial charge in [0.15, 0.2) is 5.78 Å². The highest BCUT2D eigenvalue weighted by Crippen LogP contribution is 2.24. The molecule has 0 unspecified atom stereocenters. The van der Waals surface area contributed by atoms with Crippen molar-refractivity contribution in [2.75, 3.05) is 32.9 Å². The number of nitrogens with one attached hydrogen (secondary N) is 1. The normalized spacial score (nSPS) is 18.6. The predicted octanol–water partition coefficient (Wildman–Crippen LogP) is 4.55. The fourth-order valence-electron chi connectivity index (χ4n) is 4.73. The van der Waals surface area contributed by atoms with Crippen molar-refractivity contribution in [3.05, 3.63) is 46.7 Å². The van der Waals surface area contributed by atoms with Gasteiger partial charge in [0, 0.05) is 38.5 Å². The number of carbonyl (C=O) groups excluding carboxylic acids is 3. The van der Waals surface area contributed by atoms with Gasteiger partial charge in [-0.2, -0.15) is 0 Å². The first kappa shape index (κ1) is 32.8. The quantitative estimate of drug-likeness (QED) is 0.250. The number of carboxylic acids is 1. The van der Waals surface area contributed by atoms with Gasteiger partial charge in [-0.1, -0.05) is 6.58 Å². The number of likely N-dealkylation sites (tertiary alicyclic amines) is 2. The number of carbonyl (C=O) groups is 4. The number of carboxylic acid groups (broad SMARTS) is 1. The minimum absolute atomic E-state index is 0.0699. The number of halogens is 3. The molecule has 0 aliphatic carbocycles. The molecule has 0 saturated carbocycles. The topological polar surface area (TPSA) is 107 Å². The van der Waals surface area contributed by atoms with Gasteiger partial charge in [-0.25, -0.2) is 13.2 Å². The minimum Gasteiger partial charge on any atom is -0.481 e. The fraction of sp³-hybridized carbons (Fsp3) is 0.586. The van der Waals surface area contributed by atoms with Gasteiger partial charge in [0.05, 0.1) is 18.2 Å². The third kappa shape index (κ3) is 9.38. The molecule has 0 aromatic rings. The van der Waals surface area contributed by atoms with Gasteiger partial charge in [-0.15, -0.1) is 0 Å². The lowest BCUT2D eigenvalue weighted by Gasteiger charge is -2.34. The highest BCUT2D eigenvalue weighted by Gasteiger charge is 2.32. The second-order valence-corrected chi connectivity index (χ2v) is 10.5. The summed E-state index contributed by atoms with van der Waals surface area (Å²) >= 11 is 0. The summed E-state index contributed by atoms with van der Waals surface area (Å²) in [6, 6.07) is -1.29. The van der Waals surface area contributed by atoms with E-state index in [-0.39, 0.29) is 35.5 Å². The third-order valence-electron chi connectivity index (χ3n) is 7.39. The van der Waals surface area contributed by atoms with E-state index >= 15 is 0 Å². The van der Waals surface area contributed by atoms with Crippen LogP contribution in [0.25, 0.3) is 0 Å². The lowest BCUT2D eigenvalue weighted by molar-refractivity contribution is -0.141. The molecule has 222 valence electrons. The SMILES string of the molecule is C=C(C(=O)N1CCC(C(=O)N[C@@H](CC(=O)O)C(=O)CC/C(C)=C(F)/C(C)=C\C(F)=C(/C)CF)CC1)N1CCCC1. The number of rotatable bonds is 13. The monoisotopic (exact) mass is 567 g/mol. The van der Waals surface area contributed by atoms with Crippen LogP contribution in [0.1, 0.15) is 65.7 Å². The highest BCUT2D eigenvalue weighted by atomic mass is 19.1. The largest absolute Gasteiger partial charge is 0.481 e. The van der Waals surface area contributed by atoms with Gasteiger partial charge < -0.3 is 20.2 Å². The van der Waals surface area contributed by atoms with E-state index in [2.05, 4.69) is 11.9 Å². The van der Waals surface area contributed by atoms with Crippen LogP contribution in [0.2, 0.25) is 0 Å². The Labute approximate surface area is 233 Å². The molecule has 0 bridgehead atoms. The molecule has 11 heteroatoms. The first-order chi connectivity index (χ1) is 18.8. The van der Waals surface area contributed by atoms with Crippen LogP contribution >= 0.6 is 0 Å². The molecule has 2 heterocycles. The average Bonchev–Trinajstić information content (AvgIpc) is 3.48. The number of aliphatic carboxylic acids is 1. The van der Waals surface area contributed by atoms with Crippen LogP contribution < -0.4 is 5.32 Å². The molecule has 0 spiro atoms. The van der Waals surface area contributed by atoms with E-state index in [0.717, 1.165) is 32.0 Å². The smallest absolute Gasteiger partial charge is 0.305 e. The van der Waals surface area contributed by atoms with Gasteiger partial charge in [0.25, 0.3) is 5.91 Å². The number of allylic oxidation sites excluding steroid dienone is 6.